The lowest BCUT2D eigenvalue weighted by Crippen LogP contribution is -2.26. The van der Waals surface area contributed by atoms with Crippen LogP contribution < -0.4 is 5.73 Å². The zero-order chi connectivity index (χ0) is 9.23. The highest BCUT2D eigenvalue weighted by molar-refractivity contribution is 5.91. The van der Waals surface area contributed by atoms with E-state index in [1.54, 1.807) is 0 Å². The number of nitrogens with two attached hydrogens (primary N) is 1. The van der Waals surface area contributed by atoms with E-state index in [1.165, 1.54) is 0 Å². The summed E-state index contributed by atoms with van der Waals surface area (Å²) in [5.74, 6) is -0.257. The molecule has 0 saturated heterocycles. The van der Waals surface area contributed by atoms with Crippen molar-refractivity contribution in [3.63, 3.8) is 0 Å². The molecule has 0 aromatic rings. The monoisotopic (exact) mass is 155 g/mol. The van der Waals surface area contributed by atoms with Crippen molar-refractivity contribution in [3.8, 4) is 0 Å². The van der Waals surface area contributed by atoms with Gasteiger partial charge in [0.25, 0.3) is 0 Å². The zero-order valence-corrected chi connectivity index (χ0v) is 7.77. The lowest BCUT2D eigenvalue weighted by molar-refractivity contribution is -0.115. The Morgan fingerprint density at radius 3 is 1.91 bits per heavy atom. The van der Waals surface area contributed by atoms with Crippen LogP contribution >= 0.6 is 0 Å². The molecule has 2 heteroatoms. The van der Waals surface area contributed by atoms with Crippen molar-refractivity contribution in [3.05, 3.63) is 12.2 Å². The highest BCUT2D eigenvalue weighted by atomic mass is 16.1. The first kappa shape index (κ1) is 10.2. The zero-order valence-electron chi connectivity index (χ0n) is 7.77. The Kier molecular flexibility index (Phi) is 2.85. The molecule has 0 aromatic carbocycles. The molecule has 2 nitrogen and oxygen atoms in total. The fraction of sp³-hybridized carbons (Fsp3) is 0.667. The van der Waals surface area contributed by atoms with Crippen LogP contribution in [0.4, 0.5) is 0 Å². The number of primary amides is 1. The van der Waals surface area contributed by atoms with Gasteiger partial charge in [-0.3, -0.25) is 4.79 Å². The molecule has 0 rings (SSSR count). The van der Waals surface area contributed by atoms with E-state index in [0.29, 0.717) is 5.57 Å². The Labute approximate surface area is 68.5 Å². The highest BCUT2D eigenvalue weighted by Gasteiger charge is 2.24. The van der Waals surface area contributed by atoms with E-state index >= 15 is 0 Å². The summed E-state index contributed by atoms with van der Waals surface area (Å²) in [5.41, 5.74) is 5.67. The quantitative estimate of drug-likeness (QED) is 0.606. The van der Waals surface area contributed by atoms with Crippen molar-refractivity contribution in [1.29, 1.82) is 0 Å². The van der Waals surface area contributed by atoms with Gasteiger partial charge >= 0.3 is 0 Å². The first-order valence-corrected chi connectivity index (χ1v) is 3.75. The third kappa shape index (κ3) is 2.74. The number of carbonyl (C=O) groups excluding carboxylic acids is 1. The third-order valence-electron chi connectivity index (χ3n) is 2.14. The van der Waals surface area contributed by atoms with E-state index in [4.69, 9.17) is 5.73 Å². The van der Waals surface area contributed by atoms with Crippen LogP contribution in [0, 0.1) is 11.3 Å². The molecule has 0 aliphatic rings. The molecular weight excluding hydrogens is 138 g/mol. The normalized spacial score (nSPS) is 14.2. The third-order valence-corrected chi connectivity index (χ3v) is 2.14. The summed E-state index contributed by atoms with van der Waals surface area (Å²) < 4.78 is 0. The molecular formula is C9H17NO. The largest absolute Gasteiger partial charge is 0.366 e. The summed E-state index contributed by atoms with van der Waals surface area (Å²) in [6.07, 6.45) is 0. The van der Waals surface area contributed by atoms with E-state index in [0.717, 1.165) is 0 Å². The lowest BCUT2D eigenvalue weighted by Gasteiger charge is -2.27. The average molecular weight is 155 g/mol. The summed E-state index contributed by atoms with van der Waals surface area (Å²) in [6.45, 7) is 11.8. The molecule has 1 unspecified atom stereocenters. The van der Waals surface area contributed by atoms with Gasteiger partial charge in [0.15, 0.2) is 0 Å². The highest BCUT2D eigenvalue weighted by Crippen LogP contribution is 2.30. The van der Waals surface area contributed by atoms with Crippen molar-refractivity contribution in [2.24, 2.45) is 17.1 Å². The minimum absolute atomic E-state index is 0.0616. The molecule has 0 spiro atoms. The average Bonchev–Trinajstić information content (AvgIpc) is 1.82. The summed E-state index contributed by atoms with van der Waals surface area (Å²) >= 11 is 0. The molecule has 0 bridgehead atoms. The Morgan fingerprint density at radius 2 is 1.82 bits per heavy atom. The van der Waals surface area contributed by atoms with Crippen molar-refractivity contribution in [2.75, 3.05) is 0 Å². The van der Waals surface area contributed by atoms with Gasteiger partial charge in [-0.05, 0) is 11.3 Å². The topological polar surface area (TPSA) is 43.1 Å². The smallest absolute Gasteiger partial charge is 0.244 e. The molecule has 0 saturated carbocycles. The maximum Gasteiger partial charge on any atom is 0.244 e. The molecule has 64 valence electrons. The van der Waals surface area contributed by atoms with E-state index in [2.05, 4.69) is 27.4 Å². The molecule has 0 heterocycles. The second-order valence-electron chi connectivity index (χ2n) is 3.98. The Balaban J connectivity index is 4.38. The van der Waals surface area contributed by atoms with E-state index in [1.807, 2.05) is 6.92 Å². The van der Waals surface area contributed by atoms with Gasteiger partial charge in [-0.2, -0.15) is 0 Å². The Bertz CT molecular complexity index is 176. The maximum atomic E-state index is 10.7. The number of hydrogen-bond acceptors (Lipinski definition) is 1. The molecule has 0 aliphatic carbocycles. The van der Waals surface area contributed by atoms with Crippen molar-refractivity contribution < 1.29 is 4.79 Å². The fourth-order valence-electron chi connectivity index (χ4n) is 0.736. The van der Waals surface area contributed by atoms with Crippen molar-refractivity contribution in [1.82, 2.24) is 0 Å². The van der Waals surface area contributed by atoms with Crippen LogP contribution in [-0.2, 0) is 4.79 Å². The molecule has 0 aliphatic heterocycles. The van der Waals surface area contributed by atoms with E-state index < -0.39 is 5.91 Å². The molecule has 0 aromatic heterocycles. The van der Waals surface area contributed by atoms with Crippen molar-refractivity contribution in [2.45, 2.75) is 27.7 Å². The first-order valence-electron chi connectivity index (χ1n) is 3.75. The van der Waals surface area contributed by atoms with Gasteiger partial charge in [0.05, 0.1) is 0 Å². The minimum Gasteiger partial charge on any atom is -0.366 e. The predicted molar refractivity (Wildman–Crippen MR) is 47.0 cm³/mol. The number of amides is 1. The fourth-order valence-corrected chi connectivity index (χ4v) is 0.736. The van der Waals surface area contributed by atoms with Crippen LogP contribution in [0.25, 0.3) is 0 Å². The van der Waals surface area contributed by atoms with Crippen LogP contribution in [0.3, 0.4) is 0 Å². The summed E-state index contributed by atoms with van der Waals surface area (Å²) in [4.78, 5) is 10.7. The van der Waals surface area contributed by atoms with Crippen LogP contribution in [0.5, 0.6) is 0 Å². The van der Waals surface area contributed by atoms with Crippen LogP contribution in [0.2, 0.25) is 0 Å². The van der Waals surface area contributed by atoms with Crippen molar-refractivity contribution >= 4 is 5.91 Å². The lowest BCUT2D eigenvalue weighted by atomic mass is 9.78. The number of carbonyl (C=O) groups is 1. The molecule has 0 fully saturated rings. The van der Waals surface area contributed by atoms with Gasteiger partial charge in [-0.25, -0.2) is 0 Å². The molecule has 11 heavy (non-hydrogen) atoms. The molecule has 2 N–H and O–H groups in total. The van der Waals surface area contributed by atoms with E-state index in [-0.39, 0.29) is 11.3 Å². The van der Waals surface area contributed by atoms with Gasteiger partial charge in [-0.15, -0.1) is 0 Å². The second kappa shape index (κ2) is 3.07. The van der Waals surface area contributed by atoms with Gasteiger partial charge in [0, 0.05) is 5.57 Å². The van der Waals surface area contributed by atoms with Crippen LogP contribution in [-0.4, -0.2) is 5.91 Å². The molecule has 1 amide bonds. The van der Waals surface area contributed by atoms with E-state index in [9.17, 15) is 4.79 Å². The molecule has 1 atom stereocenters. The molecule has 0 radical (unpaired) electrons. The predicted octanol–water partition coefficient (Wildman–Crippen LogP) is 1.71. The first-order chi connectivity index (χ1) is 4.76. The summed E-state index contributed by atoms with van der Waals surface area (Å²) in [5, 5.41) is 0. The maximum absolute atomic E-state index is 10.7. The Morgan fingerprint density at radius 1 is 1.45 bits per heavy atom. The van der Waals surface area contributed by atoms with Gasteiger partial charge in [-0.1, -0.05) is 34.3 Å². The SMILES string of the molecule is C=C(C(N)=O)C(C)C(C)(C)C. The summed E-state index contributed by atoms with van der Waals surface area (Å²) in [6, 6.07) is 0. The minimum atomic E-state index is -0.396. The van der Waals surface area contributed by atoms with Gasteiger partial charge < -0.3 is 5.73 Å². The number of rotatable bonds is 2. The van der Waals surface area contributed by atoms with Crippen LogP contribution in [0.15, 0.2) is 12.2 Å². The van der Waals surface area contributed by atoms with Gasteiger partial charge in [0.2, 0.25) is 5.91 Å². The number of hydrogen-bond donors (Lipinski definition) is 1. The van der Waals surface area contributed by atoms with Crippen LogP contribution in [0.1, 0.15) is 27.7 Å². The Hall–Kier alpha value is -0.790. The second-order valence-corrected chi connectivity index (χ2v) is 3.98. The standard InChI is InChI=1S/C9H17NO/c1-6(8(10)11)7(2)9(3,4)5/h7H,1H2,2-5H3,(H2,10,11). The summed E-state index contributed by atoms with van der Waals surface area (Å²) in [7, 11) is 0. The van der Waals surface area contributed by atoms with Gasteiger partial charge in [0.1, 0.15) is 0 Å².